The summed E-state index contributed by atoms with van der Waals surface area (Å²) in [6, 6.07) is 0. The Bertz CT molecular complexity index is 246. The van der Waals surface area contributed by atoms with Crippen LogP contribution in [0.25, 0.3) is 0 Å². The van der Waals surface area contributed by atoms with Gasteiger partial charge in [0.15, 0.2) is 0 Å². The highest BCUT2D eigenvalue weighted by atomic mass is 15.2. The Morgan fingerprint density at radius 2 is 2.44 bits per heavy atom. The second-order valence-corrected chi connectivity index (χ2v) is 1.71. The van der Waals surface area contributed by atoms with E-state index in [1.54, 1.807) is 0 Å². The van der Waals surface area contributed by atoms with Gasteiger partial charge in [-0.1, -0.05) is 0 Å². The summed E-state index contributed by atoms with van der Waals surface area (Å²) < 4.78 is 0. The monoisotopic (exact) mass is 120 g/mol. The molecule has 4 heteroatoms. The molecule has 0 bridgehead atoms. The summed E-state index contributed by atoms with van der Waals surface area (Å²) in [5.41, 5.74) is 0.852. The Kier molecular flexibility index (Phi) is 0.798. The van der Waals surface area contributed by atoms with Gasteiger partial charge in [0, 0.05) is 0 Å². The summed E-state index contributed by atoms with van der Waals surface area (Å²) in [5, 5.41) is 7.53. The molecule has 2 aliphatic rings. The van der Waals surface area contributed by atoms with Crippen LogP contribution in [-0.2, 0) is 0 Å². The van der Waals surface area contributed by atoms with Gasteiger partial charge in [-0.2, -0.15) is 5.11 Å². The number of fused-ring (bicyclic) bond motifs is 1. The van der Waals surface area contributed by atoms with Crippen LogP contribution < -0.4 is 0 Å². The van der Waals surface area contributed by atoms with Crippen LogP contribution >= 0.6 is 0 Å². The van der Waals surface area contributed by atoms with Gasteiger partial charge in [0.05, 0.1) is 6.54 Å². The molecule has 0 atom stereocenters. The van der Waals surface area contributed by atoms with Crippen molar-refractivity contribution in [2.75, 3.05) is 6.54 Å². The van der Waals surface area contributed by atoms with Gasteiger partial charge in [-0.05, 0) is 6.08 Å². The normalized spacial score (nSPS) is 21.3. The third-order valence-electron chi connectivity index (χ3n) is 1.14. The maximum absolute atomic E-state index is 3.94. The van der Waals surface area contributed by atoms with Crippen LogP contribution in [0.15, 0.2) is 32.0 Å². The molecule has 0 unspecified atom stereocenters. The van der Waals surface area contributed by atoms with Crippen molar-refractivity contribution in [1.82, 2.24) is 0 Å². The van der Waals surface area contributed by atoms with Gasteiger partial charge in [0.1, 0.15) is 12.0 Å². The van der Waals surface area contributed by atoms with E-state index in [1.807, 2.05) is 6.08 Å². The lowest BCUT2D eigenvalue weighted by molar-refractivity contribution is 1.05. The Hall–Kier alpha value is -1.32. The van der Waals surface area contributed by atoms with Crippen molar-refractivity contribution in [1.29, 1.82) is 0 Å². The van der Waals surface area contributed by atoms with Crippen molar-refractivity contribution in [2.24, 2.45) is 20.2 Å². The fraction of sp³-hybridized carbons (Fsp3) is 0.200. The van der Waals surface area contributed by atoms with Gasteiger partial charge < -0.3 is 0 Å². The Morgan fingerprint density at radius 3 is 3.33 bits per heavy atom. The van der Waals surface area contributed by atoms with E-state index in [2.05, 4.69) is 20.2 Å². The van der Waals surface area contributed by atoms with Gasteiger partial charge in [-0.25, -0.2) is 9.98 Å². The zero-order valence-corrected chi connectivity index (χ0v) is 4.65. The lowest BCUT2D eigenvalue weighted by Crippen LogP contribution is -1.97. The molecular weight excluding hydrogens is 116 g/mol. The van der Waals surface area contributed by atoms with Crippen LogP contribution in [0, 0.1) is 0 Å². The maximum Gasteiger partial charge on any atom is 0.201 e. The van der Waals surface area contributed by atoms with Crippen molar-refractivity contribution in [2.45, 2.75) is 0 Å². The summed E-state index contributed by atoms with van der Waals surface area (Å²) in [4.78, 5) is 7.79. The van der Waals surface area contributed by atoms with E-state index < -0.39 is 0 Å². The fourth-order valence-electron chi connectivity index (χ4n) is 0.726. The van der Waals surface area contributed by atoms with E-state index in [0.29, 0.717) is 12.4 Å². The Balaban J connectivity index is 2.46. The van der Waals surface area contributed by atoms with Gasteiger partial charge in [0.25, 0.3) is 0 Å². The molecule has 0 aromatic carbocycles. The van der Waals surface area contributed by atoms with Crippen LogP contribution in [-0.4, -0.2) is 18.7 Å². The molecule has 0 saturated carbocycles. The van der Waals surface area contributed by atoms with Crippen molar-refractivity contribution in [3.8, 4) is 0 Å². The summed E-state index contributed by atoms with van der Waals surface area (Å²) >= 11 is 0. The number of hydrogen-bond donors (Lipinski definition) is 0. The highest BCUT2D eigenvalue weighted by Gasteiger charge is 2.10. The largest absolute Gasteiger partial charge is 0.233 e. The van der Waals surface area contributed by atoms with Crippen LogP contribution in [0.3, 0.4) is 0 Å². The van der Waals surface area contributed by atoms with Crippen molar-refractivity contribution >= 4 is 12.2 Å². The minimum absolute atomic E-state index is 0.631. The molecule has 0 saturated heterocycles. The predicted molar refractivity (Wildman–Crippen MR) is 33.7 cm³/mol. The molecule has 4 nitrogen and oxygen atoms in total. The first-order valence-corrected chi connectivity index (χ1v) is 2.65. The fourth-order valence-corrected chi connectivity index (χ4v) is 0.726. The van der Waals surface area contributed by atoms with Crippen LogP contribution in [0.2, 0.25) is 0 Å². The average Bonchev–Trinajstić information content (AvgIpc) is 2.33. The lowest BCUT2D eigenvalue weighted by atomic mass is 10.3. The van der Waals surface area contributed by atoms with Crippen LogP contribution in [0.5, 0.6) is 0 Å². The van der Waals surface area contributed by atoms with E-state index >= 15 is 0 Å². The SMILES string of the molecule is C1=NC2=CCN=NC2=N1. The molecule has 44 valence electrons. The van der Waals surface area contributed by atoms with Gasteiger partial charge in [0.2, 0.25) is 5.84 Å². The smallest absolute Gasteiger partial charge is 0.201 e. The van der Waals surface area contributed by atoms with E-state index in [4.69, 9.17) is 0 Å². The van der Waals surface area contributed by atoms with Crippen molar-refractivity contribution < 1.29 is 0 Å². The average molecular weight is 120 g/mol. The molecule has 0 aromatic heterocycles. The summed E-state index contributed by atoms with van der Waals surface area (Å²) in [6.07, 6.45) is 3.39. The van der Waals surface area contributed by atoms with Crippen LogP contribution in [0.4, 0.5) is 0 Å². The molecule has 0 amide bonds. The second-order valence-electron chi connectivity index (χ2n) is 1.71. The standard InChI is InChI=1S/C5H4N4/c1-2-8-9-5-4(1)6-3-7-5/h1,3H,2H2. The predicted octanol–water partition coefficient (Wildman–Crippen LogP) is 0.777. The minimum atomic E-state index is 0.631. The zero-order valence-electron chi connectivity index (χ0n) is 4.65. The molecule has 0 aromatic rings. The highest BCUT2D eigenvalue weighted by molar-refractivity contribution is 6.06. The van der Waals surface area contributed by atoms with E-state index in [-0.39, 0.29) is 0 Å². The van der Waals surface area contributed by atoms with Gasteiger partial charge in [-0.15, -0.1) is 5.11 Å². The van der Waals surface area contributed by atoms with Gasteiger partial charge >= 0.3 is 0 Å². The molecular formula is C5H4N4. The number of hydrogen-bond acceptors (Lipinski definition) is 4. The summed E-state index contributed by atoms with van der Waals surface area (Å²) in [6.45, 7) is 0.631. The molecule has 2 aliphatic heterocycles. The zero-order chi connectivity index (χ0) is 6.10. The molecule has 0 N–H and O–H groups in total. The number of azo groups is 1. The van der Waals surface area contributed by atoms with Crippen molar-refractivity contribution in [3.63, 3.8) is 0 Å². The molecule has 0 spiro atoms. The first-order chi connectivity index (χ1) is 4.47. The molecule has 0 fully saturated rings. The summed E-state index contributed by atoms with van der Waals surface area (Å²) in [5.74, 6) is 0.640. The third-order valence-corrected chi connectivity index (χ3v) is 1.14. The number of rotatable bonds is 0. The first kappa shape index (κ1) is 4.55. The quantitative estimate of drug-likeness (QED) is 0.453. The summed E-state index contributed by atoms with van der Waals surface area (Å²) in [7, 11) is 0. The lowest BCUT2D eigenvalue weighted by Gasteiger charge is -1.96. The molecule has 9 heavy (non-hydrogen) atoms. The van der Waals surface area contributed by atoms with E-state index in [1.165, 1.54) is 6.34 Å². The number of amidine groups is 1. The topological polar surface area (TPSA) is 49.4 Å². The van der Waals surface area contributed by atoms with E-state index in [0.717, 1.165) is 5.70 Å². The molecule has 0 radical (unpaired) electrons. The van der Waals surface area contributed by atoms with Gasteiger partial charge in [-0.3, -0.25) is 0 Å². The van der Waals surface area contributed by atoms with E-state index in [9.17, 15) is 0 Å². The maximum atomic E-state index is 3.94. The Labute approximate surface area is 51.7 Å². The molecule has 2 heterocycles. The highest BCUT2D eigenvalue weighted by Crippen LogP contribution is 2.10. The Morgan fingerprint density at radius 1 is 1.44 bits per heavy atom. The van der Waals surface area contributed by atoms with Crippen molar-refractivity contribution in [3.05, 3.63) is 11.8 Å². The first-order valence-electron chi connectivity index (χ1n) is 2.65. The second kappa shape index (κ2) is 1.58. The number of aliphatic imine (C=N–C) groups is 2. The molecule has 2 rings (SSSR count). The third kappa shape index (κ3) is 0.595. The minimum Gasteiger partial charge on any atom is -0.233 e. The number of nitrogens with zero attached hydrogens (tertiary/aromatic N) is 4. The molecule has 0 aliphatic carbocycles. The van der Waals surface area contributed by atoms with Crippen LogP contribution in [0.1, 0.15) is 0 Å².